The van der Waals surface area contributed by atoms with E-state index in [0.29, 0.717) is 78.7 Å². The van der Waals surface area contributed by atoms with E-state index < -0.39 is 30.2 Å². The topological polar surface area (TPSA) is 212 Å². The molecule has 0 radical (unpaired) electrons. The Morgan fingerprint density at radius 1 is 0.802 bits per heavy atom. The Hall–Kier alpha value is -5.19. The molecule has 8 unspecified atom stereocenters. The molecular weight excluding hydrogens is 1110 g/mol. The van der Waals surface area contributed by atoms with Gasteiger partial charge in [-0.25, -0.2) is 4.98 Å². The fraction of sp³-hybridized carbons (Fsp3) is 0.682. The number of methoxy groups -OCH3 is 2. The summed E-state index contributed by atoms with van der Waals surface area (Å²) in [5.41, 5.74) is 4.06. The number of aryl methyl sites for hydroxylation is 1. The summed E-state index contributed by atoms with van der Waals surface area (Å²) < 4.78 is 28.9. The molecule has 4 amide bonds. The minimum atomic E-state index is -0.622. The van der Waals surface area contributed by atoms with Crippen LogP contribution in [0.4, 0.5) is 0 Å². The number of benzene rings is 2. The molecule has 86 heavy (non-hydrogen) atoms. The first-order chi connectivity index (χ1) is 41.3. The number of hydrogen-bond donors (Lipinski definition) is 3. The molecule has 8 atom stereocenters. The van der Waals surface area contributed by atoms with Crippen molar-refractivity contribution >= 4 is 46.5 Å². The van der Waals surface area contributed by atoms with Gasteiger partial charge in [0.2, 0.25) is 23.6 Å². The minimum absolute atomic E-state index is 0.0281. The molecule has 2 aromatic carbocycles. The quantitative estimate of drug-likeness (QED) is 0.0281. The van der Waals surface area contributed by atoms with Crippen molar-refractivity contribution in [2.45, 2.75) is 178 Å². The van der Waals surface area contributed by atoms with Gasteiger partial charge in [0, 0.05) is 45.9 Å². The normalized spacial score (nSPS) is 15.3. The van der Waals surface area contributed by atoms with E-state index in [2.05, 4.69) is 59.0 Å². The summed E-state index contributed by atoms with van der Waals surface area (Å²) in [6.45, 7) is 31.3. The van der Waals surface area contributed by atoms with E-state index in [1.165, 1.54) is 23.3 Å². The minimum Gasteiger partial charge on any atom is -0.393 e. The molecule has 20 heteroatoms. The molecule has 0 spiro atoms. The zero-order chi connectivity index (χ0) is 65.0. The van der Waals surface area contributed by atoms with Gasteiger partial charge in [0.25, 0.3) is 0 Å². The summed E-state index contributed by atoms with van der Waals surface area (Å²) in [6, 6.07) is 16.7. The molecular formula is C66H114N8O11S. The molecule has 3 aromatic rings. The molecule has 0 bridgehead atoms. The molecule has 0 saturated carbocycles. The number of thiazole rings is 1. The lowest BCUT2D eigenvalue weighted by Gasteiger charge is -2.39. The van der Waals surface area contributed by atoms with E-state index >= 15 is 0 Å². The average molecular weight is 1230 g/mol. The molecule has 3 N–H and O–H groups in total. The van der Waals surface area contributed by atoms with Crippen molar-refractivity contribution in [1.82, 2.24) is 35.6 Å². The predicted molar refractivity (Wildman–Crippen MR) is 348 cm³/mol. The van der Waals surface area contributed by atoms with Crippen molar-refractivity contribution in [3.63, 3.8) is 0 Å². The van der Waals surface area contributed by atoms with Gasteiger partial charge in [-0.1, -0.05) is 154 Å². The van der Waals surface area contributed by atoms with Crippen LogP contribution in [0.1, 0.15) is 144 Å². The van der Waals surface area contributed by atoms with Crippen molar-refractivity contribution in [2.24, 2.45) is 22.9 Å². The van der Waals surface area contributed by atoms with Gasteiger partial charge in [-0.15, -0.1) is 11.3 Å². The molecule has 490 valence electrons. The smallest absolute Gasteiger partial charge is 0.242 e. The number of Topliss-reactive ketones (excluding diaryl/α,β-unsaturated/α-hetero) is 1. The average Bonchev–Trinajstić information content (AvgIpc) is 2.63. The summed E-state index contributed by atoms with van der Waals surface area (Å²) in [4.78, 5) is 81.5. The van der Waals surface area contributed by atoms with Crippen molar-refractivity contribution < 1.29 is 52.5 Å². The van der Waals surface area contributed by atoms with E-state index in [9.17, 15) is 24.0 Å². The number of oxime groups is 1. The van der Waals surface area contributed by atoms with Crippen LogP contribution in [0.25, 0.3) is 0 Å². The van der Waals surface area contributed by atoms with Crippen molar-refractivity contribution in [3.8, 4) is 0 Å². The Morgan fingerprint density at radius 2 is 1.40 bits per heavy atom. The van der Waals surface area contributed by atoms with Crippen LogP contribution in [0.5, 0.6) is 0 Å². The Balaban J connectivity index is 0.00000461. The number of hydrogen-bond acceptors (Lipinski definition) is 16. The number of likely N-dealkylation sites (tertiary alicyclic amines) is 1. The maximum Gasteiger partial charge on any atom is 0.242 e. The summed E-state index contributed by atoms with van der Waals surface area (Å²) >= 11 is 1.47. The second-order valence-electron chi connectivity index (χ2n) is 21.2. The van der Waals surface area contributed by atoms with Crippen LogP contribution in [-0.2, 0) is 65.5 Å². The highest BCUT2D eigenvalue weighted by atomic mass is 32.1. The SMILES string of the molecule is CC.CC.CCC.CCC(C)C(C(CC(=O)N1CCCC1C(OC)C(C)C(=O)NCc1nccs1)OC)N(C)C(=O)CNC(=O)C(C(C)C)N(C)CCOCCOCCOCCO/N=C(\C)c1ccc(CC(NC)C(C)=O)cc1.Cc1ccccc1. The van der Waals surface area contributed by atoms with E-state index in [-0.39, 0.29) is 66.3 Å². The second-order valence-corrected chi connectivity index (χ2v) is 22.2. The number of amides is 4. The first-order valence-corrected chi connectivity index (χ1v) is 32.1. The Kier molecular flexibility index (Phi) is 45.8. The fourth-order valence-electron chi connectivity index (χ4n) is 9.68. The lowest BCUT2D eigenvalue weighted by molar-refractivity contribution is -0.146. The largest absolute Gasteiger partial charge is 0.393 e. The highest BCUT2D eigenvalue weighted by Gasteiger charge is 2.42. The van der Waals surface area contributed by atoms with E-state index in [1.54, 1.807) is 51.2 Å². The van der Waals surface area contributed by atoms with E-state index in [0.717, 1.165) is 34.7 Å². The van der Waals surface area contributed by atoms with Crippen LogP contribution in [0.3, 0.4) is 0 Å². The predicted octanol–water partition coefficient (Wildman–Crippen LogP) is 9.43. The fourth-order valence-corrected chi connectivity index (χ4v) is 10.2. The van der Waals surface area contributed by atoms with Gasteiger partial charge in [-0.05, 0) is 77.1 Å². The lowest BCUT2D eigenvalue weighted by Crippen LogP contribution is -2.55. The number of carbonyl (C=O) groups is 5. The molecule has 19 nitrogen and oxygen atoms in total. The van der Waals surface area contributed by atoms with Gasteiger partial charge in [-0.3, -0.25) is 28.9 Å². The van der Waals surface area contributed by atoms with Crippen molar-refractivity contribution in [1.29, 1.82) is 0 Å². The van der Waals surface area contributed by atoms with Crippen molar-refractivity contribution in [2.75, 3.05) is 101 Å². The van der Waals surface area contributed by atoms with Gasteiger partial charge in [0.1, 0.15) is 17.4 Å². The number of nitrogens with one attached hydrogen (secondary N) is 3. The molecule has 2 heterocycles. The summed E-state index contributed by atoms with van der Waals surface area (Å²) in [5, 5.41) is 15.7. The van der Waals surface area contributed by atoms with Gasteiger partial charge >= 0.3 is 0 Å². The summed E-state index contributed by atoms with van der Waals surface area (Å²) in [5.74, 6) is -1.35. The lowest BCUT2D eigenvalue weighted by atomic mass is 9.90. The number of rotatable bonds is 36. The third kappa shape index (κ3) is 31.1. The van der Waals surface area contributed by atoms with Gasteiger partial charge < -0.3 is 54.3 Å². The number of ketones is 1. The zero-order valence-corrected chi connectivity index (χ0v) is 57.0. The second kappa shape index (κ2) is 48.8. The monoisotopic (exact) mass is 1230 g/mol. The Bertz CT molecular complexity index is 2260. The zero-order valence-electron chi connectivity index (χ0n) is 56.2. The van der Waals surface area contributed by atoms with Crippen molar-refractivity contribution in [3.05, 3.63) is 87.9 Å². The van der Waals surface area contributed by atoms with Crippen LogP contribution in [0, 0.1) is 24.7 Å². The summed E-state index contributed by atoms with van der Waals surface area (Å²) in [6.07, 6.45) is 4.67. The van der Waals surface area contributed by atoms with Gasteiger partial charge in [0.15, 0.2) is 0 Å². The highest BCUT2D eigenvalue weighted by molar-refractivity contribution is 7.09. The molecule has 1 saturated heterocycles. The first-order valence-electron chi connectivity index (χ1n) is 31.2. The molecule has 0 aliphatic carbocycles. The van der Waals surface area contributed by atoms with Crippen LogP contribution in [-0.4, -0.2) is 192 Å². The molecule has 4 rings (SSSR count). The molecule has 1 aliphatic rings. The standard InChI is InChI=1S/C52H86N8O11S.C7H8.C3H8.2C2H6/c1-13-36(4)49(44(66-11)32-46(62)60-21-14-15-43(60)50(67-12)37(5)51(64)55-33-45-54-20-30-72-45)59(10)47(63)34-56-52(65)48(35(2)3)58(9)22-23-68-24-25-69-26-27-70-28-29-71-57-38(6)41-18-16-40(17-19-41)31-42(53-8)39(7)61;1-7-5-3-2-4-6-7;1-3-2;2*1-2/h16-20,30,35-37,42-44,48-50,53H,13-15,21-29,31-34H2,1-12H3,(H,55,64)(H,56,65);2-6H,1H3;3H2,1-2H3;2*1-2H3/b57-38+;;;;. The molecule has 1 fully saturated rings. The number of carbonyl (C=O) groups excluding carboxylic acids is 5. The highest BCUT2D eigenvalue weighted by Crippen LogP contribution is 2.29. The number of nitrogens with zero attached hydrogens (tertiary/aromatic N) is 5. The van der Waals surface area contributed by atoms with E-state index in [4.69, 9.17) is 28.5 Å². The van der Waals surface area contributed by atoms with Gasteiger partial charge in [-0.2, -0.15) is 0 Å². The van der Waals surface area contributed by atoms with E-state index in [1.807, 2.05) is 129 Å². The number of ether oxygens (including phenoxy) is 5. The third-order valence-electron chi connectivity index (χ3n) is 14.4. The van der Waals surface area contributed by atoms with Crippen LogP contribution in [0.15, 0.2) is 71.3 Å². The molecule has 1 aliphatic heterocycles. The maximum absolute atomic E-state index is 14.1. The van der Waals surface area contributed by atoms with Crippen LogP contribution in [0.2, 0.25) is 0 Å². The number of likely N-dealkylation sites (N-methyl/N-ethyl adjacent to an activating group) is 3. The third-order valence-corrected chi connectivity index (χ3v) is 15.2. The Morgan fingerprint density at radius 3 is 1.90 bits per heavy atom. The number of aromatic nitrogens is 1. The summed E-state index contributed by atoms with van der Waals surface area (Å²) in [7, 11) is 8.47. The van der Waals surface area contributed by atoms with Gasteiger partial charge in [0.05, 0.1) is 107 Å². The first kappa shape index (κ1) is 80.8. The van der Waals surface area contributed by atoms with Crippen LogP contribution < -0.4 is 16.0 Å². The Labute approximate surface area is 522 Å². The molecule has 1 aromatic heterocycles. The maximum atomic E-state index is 14.1. The van der Waals surface area contributed by atoms with Crippen LogP contribution >= 0.6 is 11.3 Å².